The number of hydrogen-bond acceptors (Lipinski definition) is 5. The lowest BCUT2D eigenvalue weighted by atomic mass is 9.79. The normalized spacial score (nSPS) is 23.2. The van der Waals surface area contributed by atoms with Crippen molar-refractivity contribution in [1.82, 2.24) is 4.98 Å². The fourth-order valence-corrected chi connectivity index (χ4v) is 4.36. The third kappa shape index (κ3) is 2.85. The predicted molar refractivity (Wildman–Crippen MR) is 101 cm³/mol. The average molecular weight is 344 g/mol. The Morgan fingerprint density at radius 3 is 2.46 bits per heavy atom. The number of fused-ring (bicyclic) bond motifs is 1. The van der Waals surface area contributed by atoms with Gasteiger partial charge >= 0.3 is 7.12 Å². The maximum absolute atomic E-state index is 6.16. The highest BCUT2D eigenvalue weighted by Crippen LogP contribution is 2.37. The van der Waals surface area contributed by atoms with Gasteiger partial charge in [0.05, 0.1) is 21.4 Å². The first kappa shape index (κ1) is 16.4. The van der Waals surface area contributed by atoms with Crippen molar-refractivity contribution in [2.45, 2.75) is 70.6 Å². The molecule has 2 aromatic rings. The van der Waals surface area contributed by atoms with Crippen LogP contribution in [-0.2, 0) is 9.31 Å². The number of hydrogen-bond donors (Lipinski definition) is 1. The SMILES string of the molecule is CC1(C)OB(c2ccc3nc(NC4CCCC4)sc3c2)OC1(C)C. The molecule has 2 heterocycles. The Labute approximate surface area is 148 Å². The van der Waals surface area contributed by atoms with Crippen LogP contribution in [0.15, 0.2) is 18.2 Å². The number of benzene rings is 1. The summed E-state index contributed by atoms with van der Waals surface area (Å²) < 4.78 is 13.5. The summed E-state index contributed by atoms with van der Waals surface area (Å²) in [6, 6.07) is 6.90. The fourth-order valence-electron chi connectivity index (χ4n) is 3.37. The molecule has 1 saturated carbocycles. The molecule has 4 nitrogen and oxygen atoms in total. The van der Waals surface area contributed by atoms with E-state index in [0.29, 0.717) is 6.04 Å². The van der Waals surface area contributed by atoms with Crippen LogP contribution < -0.4 is 10.8 Å². The number of thiazole rings is 1. The first-order valence-corrected chi connectivity index (χ1v) is 9.68. The standard InChI is InChI=1S/C18H25BN2O2S/c1-17(2)18(3,4)23-19(22-17)12-9-10-14-15(11-12)24-16(21-14)20-13-7-5-6-8-13/h9-11,13H,5-8H2,1-4H3,(H,20,21). The van der Waals surface area contributed by atoms with E-state index in [4.69, 9.17) is 14.3 Å². The Bertz CT molecular complexity index is 737. The topological polar surface area (TPSA) is 43.4 Å². The number of anilines is 1. The van der Waals surface area contributed by atoms with Crippen LogP contribution in [0.3, 0.4) is 0 Å². The van der Waals surface area contributed by atoms with Gasteiger partial charge in [-0.1, -0.05) is 30.2 Å². The summed E-state index contributed by atoms with van der Waals surface area (Å²) in [5.41, 5.74) is 1.49. The van der Waals surface area contributed by atoms with Crippen molar-refractivity contribution < 1.29 is 9.31 Å². The second kappa shape index (κ2) is 5.72. The Kier molecular flexibility index (Phi) is 3.90. The summed E-state index contributed by atoms with van der Waals surface area (Å²) in [7, 11) is -0.312. The summed E-state index contributed by atoms with van der Waals surface area (Å²) in [6.45, 7) is 8.34. The van der Waals surface area contributed by atoms with Gasteiger partial charge in [-0.25, -0.2) is 4.98 Å². The molecule has 1 aromatic carbocycles. The van der Waals surface area contributed by atoms with Gasteiger partial charge in [0.2, 0.25) is 0 Å². The van der Waals surface area contributed by atoms with Crippen molar-refractivity contribution in [1.29, 1.82) is 0 Å². The molecule has 24 heavy (non-hydrogen) atoms. The molecule has 1 aliphatic heterocycles. The molecule has 6 heteroatoms. The van der Waals surface area contributed by atoms with E-state index >= 15 is 0 Å². The summed E-state index contributed by atoms with van der Waals surface area (Å²) in [5, 5.41) is 4.62. The minimum Gasteiger partial charge on any atom is -0.399 e. The Morgan fingerprint density at radius 1 is 1.12 bits per heavy atom. The lowest BCUT2D eigenvalue weighted by Crippen LogP contribution is -2.41. The van der Waals surface area contributed by atoms with Gasteiger partial charge in [0, 0.05) is 6.04 Å². The smallest absolute Gasteiger partial charge is 0.399 e. The van der Waals surface area contributed by atoms with Crippen LogP contribution >= 0.6 is 11.3 Å². The number of nitrogens with one attached hydrogen (secondary N) is 1. The molecule has 2 aliphatic rings. The van der Waals surface area contributed by atoms with Crippen molar-refractivity contribution in [3.05, 3.63) is 18.2 Å². The highest BCUT2D eigenvalue weighted by atomic mass is 32.1. The average Bonchev–Trinajstić information content (AvgIpc) is 3.18. The molecule has 0 radical (unpaired) electrons. The van der Waals surface area contributed by atoms with Crippen LogP contribution in [0, 0.1) is 0 Å². The number of aromatic nitrogens is 1. The molecular formula is C18H25BN2O2S. The highest BCUT2D eigenvalue weighted by Gasteiger charge is 2.51. The number of rotatable bonds is 3. The zero-order chi connectivity index (χ0) is 16.9. The molecule has 0 spiro atoms. The third-order valence-corrected chi connectivity index (χ3v) is 6.57. The van der Waals surface area contributed by atoms with Gasteiger partial charge in [-0.05, 0) is 58.1 Å². The molecule has 1 aliphatic carbocycles. The van der Waals surface area contributed by atoms with Crippen LogP contribution in [0.1, 0.15) is 53.4 Å². The van der Waals surface area contributed by atoms with Crippen molar-refractivity contribution in [2.75, 3.05) is 5.32 Å². The van der Waals surface area contributed by atoms with Gasteiger partial charge < -0.3 is 14.6 Å². The molecule has 2 fully saturated rings. The van der Waals surface area contributed by atoms with Crippen LogP contribution in [-0.4, -0.2) is 29.3 Å². The second-order valence-corrected chi connectivity index (χ2v) is 8.99. The maximum atomic E-state index is 6.16. The lowest BCUT2D eigenvalue weighted by molar-refractivity contribution is 0.00578. The predicted octanol–water partition coefficient (Wildman–Crippen LogP) is 3.95. The van der Waals surface area contributed by atoms with Crippen molar-refractivity contribution in [3.8, 4) is 0 Å². The van der Waals surface area contributed by atoms with Crippen LogP contribution in [0.4, 0.5) is 5.13 Å². The molecule has 4 rings (SSSR count). The molecule has 0 bridgehead atoms. The van der Waals surface area contributed by atoms with Crippen molar-refractivity contribution in [3.63, 3.8) is 0 Å². The van der Waals surface area contributed by atoms with E-state index in [1.165, 1.54) is 30.4 Å². The van der Waals surface area contributed by atoms with E-state index in [9.17, 15) is 0 Å². The summed E-state index contributed by atoms with van der Waals surface area (Å²) in [5.74, 6) is 0. The zero-order valence-corrected chi connectivity index (χ0v) is 15.7. The van der Waals surface area contributed by atoms with E-state index < -0.39 is 0 Å². The van der Waals surface area contributed by atoms with E-state index in [-0.39, 0.29) is 18.3 Å². The number of nitrogens with zero attached hydrogens (tertiary/aromatic N) is 1. The first-order valence-electron chi connectivity index (χ1n) is 8.87. The molecule has 1 N–H and O–H groups in total. The fraction of sp³-hybridized carbons (Fsp3) is 0.611. The van der Waals surface area contributed by atoms with E-state index in [1.54, 1.807) is 11.3 Å². The lowest BCUT2D eigenvalue weighted by Gasteiger charge is -2.32. The molecular weight excluding hydrogens is 319 g/mol. The van der Waals surface area contributed by atoms with Crippen LogP contribution in [0.2, 0.25) is 0 Å². The van der Waals surface area contributed by atoms with Gasteiger partial charge in [0.25, 0.3) is 0 Å². The van der Waals surface area contributed by atoms with Gasteiger partial charge in [-0.2, -0.15) is 0 Å². The highest BCUT2D eigenvalue weighted by molar-refractivity contribution is 7.22. The maximum Gasteiger partial charge on any atom is 0.494 e. The molecule has 0 atom stereocenters. The van der Waals surface area contributed by atoms with E-state index in [2.05, 4.69) is 51.2 Å². The molecule has 1 aromatic heterocycles. The second-order valence-electron chi connectivity index (χ2n) is 7.96. The largest absolute Gasteiger partial charge is 0.494 e. The van der Waals surface area contributed by atoms with Crippen LogP contribution in [0.5, 0.6) is 0 Å². The first-order chi connectivity index (χ1) is 11.3. The van der Waals surface area contributed by atoms with Crippen molar-refractivity contribution >= 4 is 39.3 Å². The molecule has 128 valence electrons. The van der Waals surface area contributed by atoms with E-state index in [0.717, 1.165) is 16.1 Å². The van der Waals surface area contributed by atoms with Crippen LogP contribution in [0.25, 0.3) is 10.2 Å². The Hall–Kier alpha value is -1.11. The quantitative estimate of drug-likeness (QED) is 0.857. The minimum atomic E-state index is -0.312. The monoisotopic (exact) mass is 344 g/mol. The van der Waals surface area contributed by atoms with Gasteiger partial charge in [0.1, 0.15) is 0 Å². The molecule has 0 amide bonds. The Balaban J connectivity index is 1.57. The summed E-state index contributed by atoms with van der Waals surface area (Å²) >= 11 is 1.72. The zero-order valence-electron chi connectivity index (χ0n) is 14.9. The molecule has 1 saturated heterocycles. The summed E-state index contributed by atoms with van der Waals surface area (Å²) in [6.07, 6.45) is 5.17. The van der Waals surface area contributed by atoms with E-state index in [1.807, 2.05) is 0 Å². The van der Waals surface area contributed by atoms with Gasteiger partial charge in [-0.3, -0.25) is 0 Å². The van der Waals surface area contributed by atoms with Crippen molar-refractivity contribution in [2.24, 2.45) is 0 Å². The third-order valence-electron chi connectivity index (χ3n) is 5.62. The van der Waals surface area contributed by atoms with Gasteiger partial charge in [0.15, 0.2) is 5.13 Å². The Morgan fingerprint density at radius 2 is 1.79 bits per heavy atom. The minimum absolute atomic E-state index is 0.310. The summed E-state index contributed by atoms with van der Waals surface area (Å²) in [4.78, 5) is 4.73. The van der Waals surface area contributed by atoms with Gasteiger partial charge in [-0.15, -0.1) is 0 Å². The molecule has 0 unspecified atom stereocenters.